The van der Waals surface area contributed by atoms with Crippen molar-refractivity contribution in [2.75, 3.05) is 5.32 Å². The van der Waals surface area contributed by atoms with E-state index >= 15 is 0 Å². The van der Waals surface area contributed by atoms with Gasteiger partial charge in [0.05, 0.1) is 17.3 Å². The Morgan fingerprint density at radius 2 is 1.75 bits per heavy atom. The van der Waals surface area contributed by atoms with Crippen molar-refractivity contribution >= 4 is 11.6 Å². The van der Waals surface area contributed by atoms with Gasteiger partial charge in [-0.2, -0.15) is 23.4 Å². The molecule has 0 saturated heterocycles. The Balaban J connectivity index is 1.95. The number of phenols is 1. The number of rotatable bonds is 2. The van der Waals surface area contributed by atoms with Crippen molar-refractivity contribution in [1.29, 1.82) is 5.26 Å². The fourth-order valence-corrected chi connectivity index (χ4v) is 3.06. The summed E-state index contributed by atoms with van der Waals surface area (Å²) in [6.45, 7) is 0. The van der Waals surface area contributed by atoms with Crippen LogP contribution in [0.15, 0.2) is 60.2 Å². The Morgan fingerprint density at radius 1 is 1.07 bits per heavy atom. The summed E-state index contributed by atoms with van der Waals surface area (Å²) >= 11 is 0. The Kier molecular flexibility index (Phi) is 4.04. The molecule has 2 N–H and O–H groups in total. The van der Waals surface area contributed by atoms with E-state index < -0.39 is 18.0 Å². The zero-order valence-corrected chi connectivity index (χ0v) is 14.1. The Morgan fingerprint density at radius 3 is 2.36 bits per heavy atom. The molecule has 9 heteroatoms. The summed E-state index contributed by atoms with van der Waals surface area (Å²) < 4.78 is 40.6. The molecule has 1 aliphatic heterocycles. The van der Waals surface area contributed by atoms with Crippen LogP contribution in [0.4, 0.5) is 19.1 Å². The van der Waals surface area contributed by atoms with E-state index in [4.69, 9.17) is 0 Å². The zero-order chi connectivity index (χ0) is 19.9. The van der Waals surface area contributed by atoms with Gasteiger partial charge in [-0.05, 0) is 23.3 Å². The van der Waals surface area contributed by atoms with Gasteiger partial charge in [0.15, 0.2) is 0 Å². The molecule has 0 aliphatic carbocycles. The quantitative estimate of drug-likeness (QED) is 0.700. The maximum absolute atomic E-state index is 13.2. The van der Waals surface area contributed by atoms with Crippen molar-refractivity contribution in [3.63, 3.8) is 0 Å². The molecule has 140 valence electrons. The van der Waals surface area contributed by atoms with Gasteiger partial charge in [-0.1, -0.05) is 42.5 Å². The smallest absolute Gasteiger partial charge is 0.453 e. The molecule has 3 aromatic rings. The van der Waals surface area contributed by atoms with Crippen LogP contribution in [0.2, 0.25) is 0 Å². The minimum atomic E-state index is -4.73. The maximum Gasteiger partial charge on any atom is 0.453 e. The molecule has 0 amide bonds. The first kappa shape index (κ1) is 17.6. The number of alkyl halides is 3. The molecule has 4 rings (SSSR count). The molecule has 0 bridgehead atoms. The number of phenolic OH excluding ortho intramolecular Hbond substituents is 1. The first-order valence-electron chi connectivity index (χ1n) is 8.18. The third-order valence-electron chi connectivity index (χ3n) is 4.30. The number of allylic oxidation sites excluding steroid dienone is 1. The summed E-state index contributed by atoms with van der Waals surface area (Å²) in [5.41, 5.74) is 1.66. The van der Waals surface area contributed by atoms with Gasteiger partial charge in [0.1, 0.15) is 11.8 Å². The molecule has 0 spiro atoms. The van der Waals surface area contributed by atoms with Crippen molar-refractivity contribution < 1.29 is 18.3 Å². The van der Waals surface area contributed by atoms with Gasteiger partial charge in [-0.3, -0.25) is 0 Å². The molecule has 1 aromatic heterocycles. The topological polar surface area (TPSA) is 86.8 Å². The van der Waals surface area contributed by atoms with E-state index in [0.29, 0.717) is 16.8 Å². The van der Waals surface area contributed by atoms with Gasteiger partial charge >= 0.3 is 6.18 Å². The van der Waals surface area contributed by atoms with Crippen LogP contribution in [0.25, 0.3) is 5.70 Å². The molecular formula is C19H12F3N5O. The number of anilines is 1. The zero-order valence-electron chi connectivity index (χ0n) is 14.1. The highest BCUT2D eigenvalue weighted by Crippen LogP contribution is 2.40. The lowest BCUT2D eigenvalue weighted by Crippen LogP contribution is -2.24. The number of hydrogen-bond donors (Lipinski definition) is 2. The lowest BCUT2D eigenvalue weighted by atomic mass is 9.94. The largest absolute Gasteiger partial charge is 0.508 e. The van der Waals surface area contributed by atoms with Crippen molar-refractivity contribution in [3.8, 4) is 11.8 Å². The van der Waals surface area contributed by atoms with Gasteiger partial charge < -0.3 is 10.4 Å². The lowest BCUT2D eigenvalue weighted by molar-refractivity contribution is -0.145. The molecule has 0 unspecified atom stereocenters. The summed E-state index contributed by atoms with van der Waals surface area (Å²) in [7, 11) is 0. The number of benzene rings is 2. The van der Waals surface area contributed by atoms with Crippen molar-refractivity contribution in [2.24, 2.45) is 0 Å². The highest BCUT2D eigenvalue weighted by molar-refractivity contribution is 5.82. The first-order valence-corrected chi connectivity index (χ1v) is 8.18. The molecule has 1 atom stereocenters. The van der Waals surface area contributed by atoms with Gasteiger partial charge in [0, 0.05) is 0 Å². The molecular weight excluding hydrogens is 371 g/mol. The van der Waals surface area contributed by atoms with E-state index in [1.165, 1.54) is 24.3 Å². The van der Waals surface area contributed by atoms with E-state index in [-0.39, 0.29) is 17.3 Å². The molecule has 28 heavy (non-hydrogen) atoms. The van der Waals surface area contributed by atoms with Crippen LogP contribution in [0.5, 0.6) is 5.75 Å². The Labute approximate surface area is 157 Å². The molecule has 1 aliphatic rings. The van der Waals surface area contributed by atoms with Crippen molar-refractivity contribution in [3.05, 3.63) is 77.1 Å². The Hall–Kier alpha value is -3.80. The lowest BCUT2D eigenvalue weighted by Gasteiger charge is -2.27. The van der Waals surface area contributed by atoms with E-state index in [9.17, 15) is 23.5 Å². The normalized spacial score (nSPS) is 16.3. The monoisotopic (exact) mass is 383 g/mol. The second-order valence-electron chi connectivity index (χ2n) is 6.09. The summed E-state index contributed by atoms with van der Waals surface area (Å²) in [6, 6.07) is 15.8. The van der Waals surface area contributed by atoms with E-state index in [1.54, 1.807) is 30.3 Å². The summed E-state index contributed by atoms with van der Waals surface area (Å²) in [5.74, 6) is -1.42. The highest BCUT2D eigenvalue weighted by atomic mass is 19.4. The van der Waals surface area contributed by atoms with Crippen LogP contribution in [0.3, 0.4) is 0 Å². The molecule has 6 nitrogen and oxygen atoms in total. The maximum atomic E-state index is 13.2. The number of nitrogens with zero attached hydrogens (tertiary/aromatic N) is 4. The second-order valence-corrected chi connectivity index (χ2v) is 6.09. The number of nitrogens with one attached hydrogen (secondary N) is 1. The number of hydrogen-bond acceptors (Lipinski definition) is 5. The number of nitriles is 1. The van der Waals surface area contributed by atoms with Crippen LogP contribution in [-0.4, -0.2) is 19.9 Å². The first-order chi connectivity index (χ1) is 13.4. The number of aromatic nitrogens is 3. The molecule has 2 heterocycles. The average Bonchev–Trinajstić information content (AvgIpc) is 3.12. The molecule has 0 saturated carbocycles. The minimum Gasteiger partial charge on any atom is -0.508 e. The number of halogens is 3. The van der Waals surface area contributed by atoms with E-state index in [1.807, 2.05) is 0 Å². The second kappa shape index (κ2) is 6.42. The SMILES string of the molecule is N#CC1=C(c2ccccc2)Nc2nc(C(F)(F)F)nn2[C@@H]1c1ccc(O)cc1. The summed E-state index contributed by atoms with van der Waals surface area (Å²) in [6.07, 6.45) is -4.73. The standard InChI is InChI=1S/C19H12F3N5O/c20-19(21,22)17-25-18-24-15(11-4-2-1-3-5-11)14(10-23)16(27(18)26-17)12-6-8-13(28)9-7-12/h1-9,16,28H,(H,24,25,26)/t16-/m1/s1. The fraction of sp³-hybridized carbons (Fsp3) is 0.105. The van der Waals surface area contributed by atoms with Crippen LogP contribution < -0.4 is 5.32 Å². The summed E-state index contributed by atoms with van der Waals surface area (Å²) in [4.78, 5) is 3.58. The van der Waals surface area contributed by atoms with Gasteiger partial charge in [0.25, 0.3) is 5.82 Å². The predicted molar refractivity (Wildman–Crippen MR) is 93.9 cm³/mol. The van der Waals surface area contributed by atoms with Crippen LogP contribution in [0.1, 0.15) is 23.0 Å². The van der Waals surface area contributed by atoms with Gasteiger partial charge in [0.2, 0.25) is 5.95 Å². The van der Waals surface area contributed by atoms with E-state index in [0.717, 1.165) is 4.68 Å². The van der Waals surface area contributed by atoms with E-state index in [2.05, 4.69) is 21.5 Å². The van der Waals surface area contributed by atoms with Crippen molar-refractivity contribution in [1.82, 2.24) is 14.8 Å². The molecule has 0 fully saturated rings. The fourth-order valence-electron chi connectivity index (χ4n) is 3.06. The van der Waals surface area contributed by atoms with Crippen molar-refractivity contribution in [2.45, 2.75) is 12.2 Å². The number of aromatic hydroxyl groups is 1. The molecule has 2 aromatic carbocycles. The van der Waals surface area contributed by atoms with Crippen LogP contribution >= 0.6 is 0 Å². The summed E-state index contributed by atoms with van der Waals surface area (Å²) in [5, 5.41) is 25.8. The third kappa shape index (κ3) is 2.95. The Bertz CT molecular complexity index is 1100. The average molecular weight is 383 g/mol. The third-order valence-corrected chi connectivity index (χ3v) is 4.30. The van der Waals surface area contributed by atoms with Crippen LogP contribution in [0, 0.1) is 11.3 Å². The predicted octanol–water partition coefficient (Wildman–Crippen LogP) is 3.95. The minimum absolute atomic E-state index is 0.00162. The molecule has 0 radical (unpaired) electrons. The van der Waals surface area contributed by atoms with Gasteiger partial charge in [-0.15, -0.1) is 5.10 Å². The van der Waals surface area contributed by atoms with Crippen LogP contribution in [-0.2, 0) is 6.18 Å². The highest BCUT2D eigenvalue weighted by Gasteiger charge is 2.40. The van der Waals surface area contributed by atoms with Gasteiger partial charge in [-0.25, -0.2) is 4.68 Å². The number of fused-ring (bicyclic) bond motifs is 1.